The van der Waals surface area contributed by atoms with Crippen LogP contribution >= 0.6 is 0 Å². The second kappa shape index (κ2) is 9.73. The molecular weight excluding hydrogens is 494 g/mol. The number of hydrogen-bond acceptors (Lipinski definition) is 6. The second-order valence-corrected chi connectivity index (χ2v) is 12.2. The third kappa shape index (κ3) is 4.19. The summed E-state index contributed by atoms with van der Waals surface area (Å²) in [5, 5.41) is 8.24. The predicted molar refractivity (Wildman–Crippen MR) is 159 cm³/mol. The first-order chi connectivity index (χ1) is 19.7. The van der Waals surface area contributed by atoms with Crippen molar-refractivity contribution in [2.75, 3.05) is 17.6 Å². The molecule has 2 aromatic carbocycles. The Kier molecular flexibility index (Phi) is 5.87. The zero-order valence-corrected chi connectivity index (χ0v) is 23.0. The zero-order chi connectivity index (χ0) is 26.6. The van der Waals surface area contributed by atoms with Crippen LogP contribution in [0.2, 0.25) is 0 Å². The van der Waals surface area contributed by atoms with Crippen LogP contribution in [0.25, 0.3) is 16.9 Å². The number of nitrogens with one attached hydrogen (secondary N) is 1. The maximum atomic E-state index is 6.47. The molecule has 2 bridgehead atoms. The molecule has 4 aromatic rings. The Morgan fingerprint density at radius 1 is 0.825 bits per heavy atom. The van der Waals surface area contributed by atoms with Crippen molar-refractivity contribution in [3.05, 3.63) is 77.0 Å². The van der Waals surface area contributed by atoms with Gasteiger partial charge in [0.2, 0.25) is 11.9 Å². The van der Waals surface area contributed by atoms with Crippen LogP contribution in [0.5, 0.6) is 0 Å². The summed E-state index contributed by atoms with van der Waals surface area (Å²) in [5.74, 6) is 2.71. The minimum Gasteiger partial charge on any atom is -0.368 e. The number of nitrogen functional groups attached to an aromatic ring is 1. The molecule has 7 heteroatoms. The number of fused-ring (bicyclic) bond motifs is 3. The molecule has 9 rings (SSSR count). The van der Waals surface area contributed by atoms with Crippen LogP contribution in [0.3, 0.4) is 0 Å². The molecule has 2 fully saturated rings. The van der Waals surface area contributed by atoms with Crippen LogP contribution in [-0.4, -0.2) is 37.2 Å². The Labute approximate surface area is 235 Å². The fourth-order valence-electron chi connectivity index (χ4n) is 7.83. The Morgan fingerprint density at radius 3 is 2.45 bits per heavy atom. The van der Waals surface area contributed by atoms with Crippen molar-refractivity contribution in [3.63, 3.8) is 0 Å². The van der Waals surface area contributed by atoms with Crippen molar-refractivity contribution >= 4 is 17.6 Å². The molecule has 0 amide bonds. The first-order valence-corrected chi connectivity index (χ1v) is 15.2. The van der Waals surface area contributed by atoms with E-state index in [-0.39, 0.29) is 0 Å². The van der Waals surface area contributed by atoms with Gasteiger partial charge in [0.05, 0.1) is 5.69 Å². The molecule has 40 heavy (non-hydrogen) atoms. The highest BCUT2D eigenvalue weighted by Crippen LogP contribution is 2.52. The second-order valence-electron chi connectivity index (χ2n) is 12.2. The highest BCUT2D eigenvalue weighted by molar-refractivity contribution is 5.72. The Balaban J connectivity index is 1.11. The average Bonchev–Trinajstić information content (AvgIpc) is 3.67. The average molecular weight is 532 g/mol. The molecule has 0 saturated heterocycles. The van der Waals surface area contributed by atoms with Crippen LogP contribution < -0.4 is 11.1 Å². The van der Waals surface area contributed by atoms with Gasteiger partial charge in [0, 0.05) is 30.7 Å². The number of hydrogen-bond donors (Lipinski definition) is 2. The highest BCUT2D eigenvalue weighted by Gasteiger charge is 2.37. The number of pyridine rings is 1. The van der Waals surface area contributed by atoms with Crippen LogP contribution in [0.4, 0.5) is 17.6 Å². The van der Waals surface area contributed by atoms with Crippen molar-refractivity contribution in [2.45, 2.75) is 82.2 Å². The Bertz CT molecular complexity index is 1540. The lowest BCUT2D eigenvalue weighted by atomic mass is 9.67. The van der Waals surface area contributed by atoms with Crippen LogP contribution in [0, 0.1) is 0 Å². The SMILES string of the molecule is Nc1nc(Nc2ccc3c(c2)CN(C2CCCC2)CC3)nn1-c1cc(-c2ccccc2)c2c(n1)C1CCC2CC1. The predicted octanol–water partition coefficient (Wildman–Crippen LogP) is 6.71. The first-order valence-electron chi connectivity index (χ1n) is 15.2. The number of benzene rings is 2. The summed E-state index contributed by atoms with van der Waals surface area (Å²) in [5.41, 5.74) is 15.5. The number of nitrogens with zero attached hydrogens (tertiary/aromatic N) is 5. The standard InChI is InChI=1S/C33H37N7/c34-32-37-33(35-26-15-14-21-16-17-39(20-25(21)18-26)27-8-4-5-9-27)38-40(32)29-19-28(22-6-2-1-3-7-22)30-23-10-12-24(13-11-23)31(30)36-29/h1-3,6-7,14-15,18-19,23-24,27H,4-5,8-13,16-17,20H2,(H3,34,35,37,38). The normalized spacial score (nSPS) is 22.3. The maximum absolute atomic E-state index is 6.47. The first kappa shape index (κ1) is 24.1. The van der Waals surface area contributed by atoms with Gasteiger partial charge in [-0.3, -0.25) is 4.90 Å². The van der Waals surface area contributed by atoms with Crippen LogP contribution in [0.15, 0.2) is 54.6 Å². The molecule has 0 unspecified atom stereocenters. The molecule has 2 aromatic heterocycles. The number of rotatable bonds is 5. The highest BCUT2D eigenvalue weighted by atomic mass is 15.4. The van der Waals surface area contributed by atoms with Crippen molar-refractivity contribution in [1.82, 2.24) is 24.6 Å². The molecule has 0 radical (unpaired) electrons. The Hall–Kier alpha value is -3.71. The Morgan fingerprint density at radius 2 is 1.62 bits per heavy atom. The summed E-state index contributed by atoms with van der Waals surface area (Å²) >= 11 is 0. The lowest BCUT2D eigenvalue weighted by molar-refractivity contribution is 0.181. The fraction of sp³-hybridized carbons (Fsp3) is 0.424. The number of anilines is 3. The molecule has 3 N–H and O–H groups in total. The number of nitrogens with two attached hydrogens (primary N) is 1. The molecule has 7 nitrogen and oxygen atoms in total. The van der Waals surface area contributed by atoms with Gasteiger partial charge in [-0.05, 0) is 96.9 Å². The van der Waals surface area contributed by atoms with Gasteiger partial charge < -0.3 is 11.1 Å². The lowest BCUT2D eigenvalue weighted by Gasteiger charge is -2.39. The molecule has 0 atom stereocenters. The molecular formula is C33H37N7. The summed E-state index contributed by atoms with van der Waals surface area (Å²) in [4.78, 5) is 12.5. The van der Waals surface area contributed by atoms with E-state index in [4.69, 9.17) is 15.8 Å². The quantitative estimate of drug-likeness (QED) is 0.298. The topological polar surface area (TPSA) is 84.9 Å². The smallest absolute Gasteiger partial charge is 0.248 e. The zero-order valence-electron chi connectivity index (χ0n) is 23.0. The summed E-state index contributed by atoms with van der Waals surface area (Å²) in [6.45, 7) is 2.20. The van der Waals surface area contributed by atoms with E-state index in [0.717, 1.165) is 30.5 Å². The number of aromatic nitrogens is 4. The molecule has 3 heterocycles. The van der Waals surface area contributed by atoms with Crippen molar-refractivity contribution in [3.8, 4) is 16.9 Å². The van der Waals surface area contributed by atoms with Gasteiger partial charge in [-0.2, -0.15) is 9.67 Å². The molecule has 2 saturated carbocycles. The van der Waals surface area contributed by atoms with Crippen molar-refractivity contribution in [2.24, 2.45) is 0 Å². The monoisotopic (exact) mass is 531 g/mol. The minimum atomic E-state index is 0.347. The van der Waals surface area contributed by atoms with E-state index in [1.165, 1.54) is 91.4 Å². The van der Waals surface area contributed by atoms with Gasteiger partial charge in [-0.25, -0.2) is 4.98 Å². The van der Waals surface area contributed by atoms with E-state index < -0.39 is 0 Å². The van der Waals surface area contributed by atoms with Gasteiger partial charge in [-0.1, -0.05) is 49.2 Å². The van der Waals surface area contributed by atoms with Crippen molar-refractivity contribution in [1.29, 1.82) is 0 Å². The lowest BCUT2D eigenvalue weighted by Crippen LogP contribution is -2.37. The van der Waals surface area contributed by atoms with Gasteiger partial charge in [0.1, 0.15) is 0 Å². The molecule has 0 spiro atoms. The van der Waals surface area contributed by atoms with E-state index in [1.54, 1.807) is 4.68 Å². The van der Waals surface area contributed by atoms with E-state index in [2.05, 4.69) is 69.8 Å². The van der Waals surface area contributed by atoms with E-state index in [0.29, 0.717) is 23.7 Å². The third-order valence-corrected chi connectivity index (χ3v) is 9.88. The summed E-state index contributed by atoms with van der Waals surface area (Å²) < 4.78 is 1.71. The maximum Gasteiger partial charge on any atom is 0.248 e. The summed E-state index contributed by atoms with van der Waals surface area (Å²) in [6, 6.07) is 20.3. The molecule has 204 valence electrons. The van der Waals surface area contributed by atoms with E-state index >= 15 is 0 Å². The fourth-order valence-corrected chi connectivity index (χ4v) is 7.83. The molecule has 4 aliphatic carbocycles. The van der Waals surface area contributed by atoms with Gasteiger partial charge in [0.15, 0.2) is 5.82 Å². The molecule has 1 aliphatic heterocycles. The van der Waals surface area contributed by atoms with Crippen molar-refractivity contribution < 1.29 is 0 Å². The summed E-state index contributed by atoms with van der Waals surface area (Å²) in [7, 11) is 0. The van der Waals surface area contributed by atoms with E-state index in [1.807, 2.05) is 0 Å². The molecule has 5 aliphatic rings. The largest absolute Gasteiger partial charge is 0.368 e. The van der Waals surface area contributed by atoms with Gasteiger partial charge in [0.25, 0.3) is 0 Å². The third-order valence-electron chi connectivity index (χ3n) is 9.88. The van der Waals surface area contributed by atoms with Gasteiger partial charge in [-0.15, -0.1) is 5.10 Å². The van der Waals surface area contributed by atoms with Crippen LogP contribution in [-0.2, 0) is 13.0 Å². The van der Waals surface area contributed by atoms with Gasteiger partial charge >= 0.3 is 0 Å². The minimum absolute atomic E-state index is 0.347. The summed E-state index contributed by atoms with van der Waals surface area (Å²) in [6.07, 6.45) is 11.5. The van der Waals surface area contributed by atoms with Crippen LogP contribution in [0.1, 0.15) is 85.6 Å². The van der Waals surface area contributed by atoms with E-state index in [9.17, 15) is 0 Å².